The van der Waals surface area contributed by atoms with Crippen molar-refractivity contribution in [1.82, 2.24) is 24.1 Å². The maximum absolute atomic E-state index is 12.3. The van der Waals surface area contributed by atoms with Crippen molar-refractivity contribution < 1.29 is 14.7 Å². The number of benzene rings is 1. The minimum Gasteiger partial charge on any atom is -0.478 e. The molecule has 0 atom stereocenters. The van der Waals surface area contributed by atoms with E-state index in [1.165, 1.54) is 10.6 Å². The summed E-state index contributed by atoms with van der Waals surface area (Å²) in [4.78, 5) is 32.3. The smallest absolute Gasteiger partial charge is 0.339 e. The molecule has 0 saturated carbocycles. The van der Waals surface area contributed by atoms with E-state index in [9.17, 15) is 14.7 Å². The monoisotopic (exact) mass is 390 g/mol. The van der Waals surface area contributed by atoms with Gasteiger partial charge in [0.1, 0.15) is 11.4 Å². The van der Waals surface area contributed by atoms with Gasteiger partial charge < -0.3 is 9.67 Å². The summed E-state index contributed by atoms with van der Waals surface area (Å²) >= 11 is 0. The van der Waals surface area contributed by atoms with Crippen LogP contribution in [0.4, 0.5) is 5.95 Å². The van der Waals surface area contributed by atoms with Crippen LogP contribution in [0.3, 0.4) is 0 Å². The second-order valence-electron chi connectivity index (χ2n) is 6.50. The van der Waals surface area contributed by atoms with E-state index in [1.807, 2.05) is 37.3 Å². The van der Waals surface area contributed by atoms with Crippen molar-refractivity contribution in [2.75, 3.05) is 5.32 Å². The van der Waals surface area contributed by atoms with E-state index < -0.39 is 5.97 Å². The van der Waals surface area contributed by atoms with Crippen LogP contribution in [0.2, 0.25) is 0 Å². The number of imidazole rings is 1. The molecule has 0 aliphatic carbocycles. The van der Waals surface area contributed by atoms with Gasteiger partial charge in [-0.15, -0.1) is 5.10 Å². The summed E-state index contributed by atoms with van der Waals surface area (Å²) in [6.07, 6.45) is 5.85. The fourth-order valence-corrected chi connectivity index (χ4v) is 3.05. The summed E-state index contributed by atoms with van der Waals surface area (Å²) in [5.41, 5.74) is 1.76. The van der Waals surface area contributed by atoms with Crippen molar-refractivity contribution in [1.29, 1.82) is 0 Å². The lowest BCUT2D eigenvalue weighted by atomic mass is 10.1. The molecular formula is C20H18N6O3. The Morgan fingerprint density at radius 3 is 2.69 bits per heavy atom. The van der Waals surface area contributed by atoms with Crippen molar-refractivity contribution >= 4 is 23.5 Å². The maximum atomic E-state index is 12.3. The minimum atomic E-state index is -1.14. The molecule has 0 fully saturated rings. The van der Waals surface area contributed by atoms with E-state index in [4.69, 9.17) is 0 Å². The number of aromatic carboxylic acids is 1. The van der Waals surface area contributed by atoms with Gasteiger partial charge in [0.05, 0.1) is 11.9 Å². The molecule has 4 aromatic rings. The number of rotatable bonds is 6. The summed E-state index contributed by atoms with van der Waals surface area (Å²) < 4.78 is 3.09. The van der Waals surface area contributed by atoms with E-state index >= 15 is 0 Å². The molecule has 4 rings (SSSR count). The van der Waals surface area contributed by atoms with Crippen LogP contribution in [0.25, 0.3) is 11.3 Å². The normalized spacial score (nSPS) is 10.9. The lowest BCUT2D eigenvalue weighted by molar-refractivity contribution is -0.116. The van der Waals surface area contributed by atoms with E-state index in [0.717, 1.165) is 5.56 Å². The Morgan fingerprint density at radius 1 is 1.21 bits per heavy atom. The van der Waals surface area contributed by atoms with Crippen LogP contribution in [0, 0.1) is 6.92 Å². The zero-order valence-corrected chi connectivity index (χ0v) is 15.6. The molecule has 146 valence electrons. The molecule has 3 heterocycles. The van der Waals surface area contributed by atoms with Gasteiger partial charge in [0.2, 0.25) is 11.9 Å². The first-order chi connectivity index (χ1) is 14.0. The molecular weight excluding hydrogens is 372 g/mol. The molecule has 0 aliphatic heterocycles. The van der Waals surface area contributed by atoms with Crippen LogP contribution in [0.1, 0.15) is 28.2 Å². The molecule has 2 N–H and O–H groups in total. The molecule has 0 radical (unpaired) electrons. The number of amides is 1. The van der Waals surface area contributed by atoms with E-state index in [2.05, 4.69) is 20.4 Å². The highest BCUT2D eigenvalue weighted by Crippen LogP contribution is 2.18. The number of nitrogens with zero attached hydrogens (tertiary/aromatic N) is 5. The Labute approximate surface area is 165 Å². The molecule has 1 aromatic carbocycles. The fraction of sp³-hybridized carbons (Fsp3) is 0.150. The number of pyridine rings is 1. The number of anilines is 1. The summed E-state index contributed by atoms with van der Waals surface area (Å²) in [6, 6.07) is 11.2. The van der Waals surface area contributed by atoms with Crippen LogP contribution >= 0.6 is 0 Å². The molecule has 9 heteroatoms. The number of carbonyl (C=O) groups is 2. The molecule has 9 nitrogen and oxygen atoms in total. The first-order valence-electron chi connectivity index (χ1n) is 8.99. The lowest BCUT2D eigenvalue weighted by Crippen LogP contribution is -2.13. The van der Waals surface area contributed by atoms with Gasteiger partial charge in [-0.25, -0.2) is 14.3 Å². The Morgan fingerprint density at radius 2 is 2.00 bits per heavy atom. The van der Waals surface area contributed by atoms with Crippen LogP contribution < -0.4 is 5.32 Å². The van der Waals surface area contributed by atoms with E-state index in [0.29, 0.717) is 17.9 Å². The number of aromatic nitrogens is 5. The van der Waals surface area contributed by atoms with Gasteiger partial charge in [-0.2, -0.15) is 4.98 Å². The number of fused-ring (bicyclic) bond motifs is 1. The molecule has 0 spiro atoms. The minimum absolute atomic E-state index is 0.0205. The zero-order valence-electron chi connectivity index (χ0n) is 15.6. The van der Waals surface area contributed by atoms with Crippen molar-refractivity contribution in [3.05, 3.63) is 71.9 Å². The Hall–Kier alpha value is -4.01. The number of carbonyl (C=O) groups excluding carboxylic acids is 1. The highest BCUT2D eigenvalue weighted by Gasteiger charge is 2.17. The van der Waals surface area contributed by atoms with Gasteiger partial charge in [-0.3, -0.25) is 10.1 Å². The van der Waals surface area contributed by atoms with Gasteiger partial charge in [0.25, 0.3) is 0 Å². The van der Waals surface area contributed by atoms with Crippen molar-refractivity contribution in [3.8, 4) is 5.69 Å². The second-order valence-corrected chi connectivity index (χ2v) is 6.50. The van der Waals surface area contributed by atoms with Crippen LogP contribution in [-0.4, -0.2) is 41.1 Å². The lowest BCUT2D eigenvalue weighted by Gasteiger charge is -2.07. The molecule has 0 bridgehead atoms. The summed E-state index contributed by atoms with van der Waals surface area (Å²) in [7, 11) is 0. The highest BCUT2D eigenvalue weighted by atomic mass is 16.4. The fourth-order valence-electron chi connectivity index (χ4n) is 3.05. The molecule has 0 saturated heterocycles. The SMILES string of the molecule is Cc1nccn1-c1cc(C(=O)O)c2nc(NC(=O)CCc3ccccc3)nn2c1. The van der Waals surface area contributed by atoms with Gasteiger partial charge in [0.15, 0.2) is 5.65 Å². The number of aryl methyl sites for hydroxylation is 2. The number of carboxylic acids is 1. The Balaban J connectivity index is 1.59. The van der Waals surface area contributed by atoms with E-state index in [1.54, 1.807) is 23.2 Å². The molecule has 0 unspecified atom stereocenters. The zero-order chi connectivity index (χ0) is 20.4. The summed E-state index contributed by atoms with van der Waals surface area (Å²) in [5.74, 6) is -0.614. The first-order valence-corrected chi connectivity index (χ1v) is 8.99. The van der Waals surface area contributed by atoms with Crippen LogP contribution in [-0.2, 0) is 11.2 Å². The number of carboxylic acid groups (broad SMARTS) is 1. The quantitative estimate of drug-likeness (QED) is 0.523. The average Bonchev–Trinajstić information content (AvgIpc) is 3.31. The number of hydrogen-bond donors (Lipinski definition) is 2. The summed E-state index contributed by atoms with van der Waals surface area (Å²) in [5, 5.41) is 16.4. The standard InChI is InChI=1S/C20H18N6O3/c1-13-21-9-10-25(13)15-11-16(19(28)29)18-23-20(24-26(18)12-15)22-17(27)8-7-14-5-3-2-4-6-14/h2-6,9-12H,7-8H2,1H3,(H,28,29)(H,22,24,27). The topological polar surface area (TPSA) is 114 Å². The van der Waals surface area contributed by atoms with Gasteiger partial charge >= 0.3 is 5.97 Å². The molecule has 0 aliphatic rings. The average molecular weight is 390 g/mol. The Bertz CT molecular complexity index is 1200. The van der Waals surface area contributed by atoms with Gasteiger partial charge in [0, 0.05) is 18.8 Å². The van der Waals surface area contributed by atoms with E-state index in [-0.39, 0.29) is 29.5 Å². The third-order valence-corrected chi connectivity index (χ3v) is 4.49. The molecule has 3 aromatic heterocycles. The van der Waals surface area contributed by atoms with Crippen LogP contribution in [0.15, 0.2) is 55.0 Å². The van der Waals surface area contributed by atoms with Gasteiger partial charge in [-0.1, -0.05) is 30.3 Å². The Kier molecular flexibility index (Phi) is 4.78. The third kappa shape index (κ3) is 3.84. The number of hydrogen-bond acceptors (Lipinski definition) is 5. The van der Waals surface area contributed by atoms with Crippen molar-refractivity contribution in [2.45, 2.75) is 19.8 Å². The summed E-state index contributed by atoms with van der Waals surface area (Å²) in [6.45, 7) is 1.81. The largest absolute Gasteiger partial charge is 0.478 e. The van der Waals surface area contributed by atoms with Crippen molar-refractivity contribution in [3.63, 3.8) is 0 Å². The molecule has 1 amide bonds. The third-order valence-electron chi connectivity index (χ3n) is 4.49. The second kappa shape index (κ2) is 7.55. The first kappa shape index (κ1) is 18.4. The predicted octanol–water partition coefficient (Wildman–Crippen LogP) is 2.49. The highest BCUT2D eigenvalue weighted by molar-refractivity contribution is 5.95. The van der Waals surface area contributed by atoms with Crippen molar-refractivity contribution in [2.24, 2.45) is 0 Å². The van der Waals surface area contributed by atoms with Gasteiger partial charge in [-0.05, 0) is 25.0 Å². The predicted molar refractivity (Wildman–Crippen MR) is 105 cm³/mol. The number of nitrogens with one attached hydrogen (secondary N) is 1. The maximum Gasteiger partial charge on any atom is 0.339 e. The van der Waals surface area contributed by atoms with Crippen LogP contribution in [0.5, 0.6) is 0 Å². The molecule has 29 heavy (non-hydrogen) atoms.